The average molecular weight is 349 g/mol. The lowest BCUT2D eigenvalue weighted by atomic mass is 9.97. The molecule has 3 heterocycles. The molecule has 1 unspecified atom stereocenters. The summed E-state index contributed by atoms with van der Waals surface area (Å²) in [7, 11) is 0. The zero-order valence-corrected chi connectivity index (χ0v) is 14.9. The van der Waals surface area contributed by atoms with Crippen molar-refractivity contribution in [2.45, 2.75) is 25.7 Å². The van der Waals surface area contributed by atoms with Crippen LogP contribution >= 0.6 is 0 Å². The van der Waals surface area contributed by atoms with Crippen molar-refractivity contribution in [3.63, 3.8) is 0 Å². The van der Waals surface area contributed by atoms with Crippen molar-refractivity contribution in [3.05, 3.63) is 54.1 Å². The standard InChI is InChI=1S/C20H23N5O/c1-14-6-7-17-18(10-14)24-20(23-17)15-4-3-9-25(12-15)13-19(26)22-16-5-2-8-21-11-16/h2,5-8,10-11,15H,3-4,9,12-13H2,1H3,(H,22,26)(H,23,24). The van der Waals surface area contributed by atoms with Gasteiger partial charge in [-0.25, -0.2) is 4.98 Å². The first kappa shape index (κ1) is 16.7. The van der Waals surface area contributed by atoms with Gasteiger partial charge in [0.1, 0.15) is 5.82 Å². The lowest BCUT2D eigenvalue weighted by Gasteiger charge is -2.31. The minimum absolute atomic E-state index is 0.00104. The number of piperidine rings is 1. The molecule has 134 valence electrons. The number of aromatic amines is 1. The molecule has 0 saturated carbocycles. The Hall–Kier alpha value is -2.73. The van der Waals surface area contributed by atoms with Crippen LogP contribution in [0.3, 0.4) is 0 Å². The van der Waals surface area contributed by atoms with Crippen LogP contribution in [-0.4, -0.2) is 45.4 Å². The SMILES string of the molecule is Cc1ccc2nc(C3CCCN(CC(=O)Nc4cccnc4)C3)[nH]c2c1. The molecule has 6 nitrogen and oxygen atoms in total. The second-order valence-electron chi connectivity index (χ2n) is 7.01. The Labute approximate surface area is 152 Å². The van der Waals surface area contributed by atoms with E-state index >= 15 is 0 Å². The summed E-state index contributed by atoms with van der Waals surface area (Å²) in [5.74, 6) is 1.37. The summed E-state index contributed by atoms with van der Waals surface area (Å²) in [4.78, 5) is 26.8. The highest BCUT2D eigenvalue weighted by Crippen LogP contribution is 2.27. The summed E-state index contributed by atoms with van der Waals surface area (Å²) in [6, 6.07) is 9.94. The number of H-pyrrole nitrogens is 1. The molecule has 1 saturated heterocycles. The normalized spacial score (nSPS) is 18.1. The number of imidazole rings is 1. The first-order valence-corrected chi connectivity index (χ1v) is 9.06. The smallest absolute Gasteiger partial charge is 0.238 e. The maximum Gasteiger partial charge on any atom is 0.238 e. The van der Waals surface area contributed by atoms with Crippen molar-refractivity contribution in [1.29, 1.82) is 0 Å². The van der Waals surface area contributed by atoms with Crippen LogP contribution in [0.4, 0.5) is 5.69 Å². The lowest BCUT2D eigenvalue weighted by Crippen LogP contribution is -2.40. The molecule has 0 aliphatic carbocycles. The Balaban J connectivity index is 1.41. The molecule has 26 heavy (non-hydrogen) atoms. The number of pyridine rings is 1. The second kappa shape index (κ2) is 7.25. The first-order valence-electron chi connectivity index (χ1n) is 9.06. The summed E-state index contributed by atoms with van der Waals surface area (Å²) in [5, 5.41) is 2.90. The zero-order valence-electron chi connectivity index (χ0n) is 14.9. The quantitative estimate of drug-likeness (QED) is 0.759. The number of hydrogen-bond donors (Lipinski definition) is 2. The summed E-state index contributed by atoms with van der Waals surface area (Å²) in [6.07, 6.45) is 5.52. The van der Waals surface area contributed by atoms with Gasteiger partial charge in [0.05, 0.1) is 29.5 Å². The first-order chi connectivity index (χ1) is 12.7. The molecular formula is C20H23N5O. The molecule has 1 amide bonds. The number of fused-ring (bicyclic) bond motifs is 1. The topological polar surface area (TPSA) is 73.9 Å². The molecule has 1 aliphatic rings. The van der Waals surface area contributed by atoms with Gasteiger partial charge in [-0.15, -0.1) is 0 Å². The van der Waals surface area contributed by atoms with E-state index < -0.39 is 0 Å². The number of rotatable bonds is 4. The molecular weight excluding hydrogens is 326 g/mol. The third kappa shape index (κ3) is 3.75. The Morgan fingerprint density at radius 2 is 2.31 bits per heavy atom. The Bertz CT molecular complexity index is 905. The van der Waals surface area contributed by atoms with Crippen LogP contribution in [0, 0.1) is 6.92 Å². The van der Waals surface area contributed by atoms with Crippen molar-refractivity contribution in [2.24, 2.45) is 0 Å². The molecule has 1 fully saturated rings. The van der Waals surface area contributed by atoms with Gasteiger partial charge in [-0.3, -0.25) is 14.7 Å². The molecule has 2 N–H and O–H groups in total. The van der Waals surface area contributed by atoms with E-state index in [1.807, 2.05) is 12.1 Å². The fourth-order valence-corrected chi connectivity index (χ4v) is 3.60. The molecule has 0 spiro atoms. The number of hydrogen-bond acceptors (Lipinski definition) is 4. The van der Waals surface area contributed by atoms with E-state index in [4.69, 9.17) is 4.98 Å². The number of amides is 1. The van der Waals surface area contributed by atoms with Gasteiger partial charge >= 0.3 is 0 Å². The second-order valence-corrected chi connectivity index (χ2v) is 7.01. The number of likely N-dealkylation sites (tertiary alicyclic amines) is 1. The van der Waals surface area contributed by atoms with Crippen LogP contribution in [0.15, 0.2) is 42.7 Å². The number of aromatic nitrogens is 3. The number of aryl methyl sites for hydroxylation is 1. The van der Waals surface area contributed by atoms with E-state index in [2.05, 4.69) is 45.3 Å². The monoisotopic (exact) mass is 349 g/mol. The number of anilines is 1. The number of carbonyl (C=O) groups is 1. The predicted molar refractivity (Wildman–Crippen MR) is 102 cm³/mol. The Kier molecular flexibility index (Phi) is 4.67. The minimum atomic E-state index is -0.00104. The molecule has 4 rings (SSSR count). The van der Waals surface area contributed by atoms with E-state index in [1.54, 1.807) is 12.4 Å². The van der Waals surface area contributed by atoms with Gasteiger partial charge in [-0.05, 0) is 56.1 Å². The lowest BCUT2D eigenvalue weighted by molar-refractivity contribution is -0.117. The molecule has 1 aliphatic heterocycles. The van der Waals surface area contributed by atoms with E-state index in [9.17, 15) is 4.79 Å². The molecule has 1 atom stereocenters. The summed E-state index contributed by atoms with van der Waals surface area (Å²) in [5.41, 5.74) is 4.06. The Morgan fingerprint density at radius 1 is 1.38 bits per heavy atom. The van der Waals surface area contributed by atoms with E-state index in [0.717, 1.165) is 48.5 Å². The average Bonchev–Trinajstić information content (AvgIpc) is 3.06. The van der Waals surface area contributed by atoms with Crippen molar-refractivity contribution >= 4 is 22.6 Å². The molecule has 3 aromatic rings. The van der Waals surface area contributed by atoms with Gasteiger partial charge in [-0.2, -0.15) is 0 Å². The highest BCUT2D eigenvalue weighted by molar-refractivity contribution is 5.92. The van der Waals surface area contributed by atoms with E-state index in [-0.39, 0.29) is 5.91 Å². The maximum atomic E-state index is 12.3. The predicted octanol–water partition coefficient (Wildman–Crippen LogP) is 3.08. The highest BCUT2D eigenvalue weighted by atomic mass is 16.2. The summed E-state index contributed by atoms with van der Waals surface area (Å²) < 4.78 is 0. The van der Waals surface area contributed by atoms with Crippen LogP contribution in [0.1, 0.15) is 30.1 Å². The molecule has 6 heteroatoms. The largest absolute Gasteiger partial charge is 0.342 e. The fourth-order valence-electron chi connectivity index (χ4n) is 3.60. The summed E-state index contributed by atoms with van der Waals surface area (Å²) in [6.45, 7) is 4.27. The van der Waals surface area contributed by atoms with E-state index in [1.165, 1.54) is 5.56 Å². The van der Waals surface area contributed by atoms with Gasteiger partial charge in [-0.1, -0.05) is 6.07 Å². The van der Waals surface area contributed by atoms with Crippen LogP contribution in [0.5, 0.6) is 0 Å². The number of benzene rings is 1. The van der Waals surface area contributed by atoms with Crippen LogP contribution in [0.25, 0.3) is 11.0 Å². The number of nitrogens with zero attached hydrogens (tertiary/aromatic N) is 3. The van der Waals surface area contributed by atoms with Gasteiger partial charge in [0.15, 0.2) is 0 Å². The number of carbonyl (C=O) groups excluding carboxylic acids is 1. The van der Waals surface area contributed by atoms with E-state index in [0.29, 0.717) is 12.5 Å². The zero-order chi connectivity index (χ0) is 17.9. The molecule has 1 aromatic carbocycles. The minimum Gasteiger partial charge on any atom is -0.342 e. The molecule has 2 aromatic heterocycles. The molecule has 0 bridgehead atoms. The summed E-state index contributed by atoms with van der Waals surface area (Å²) >= 11 is 0. The van der Waals surface area contributed by atoms with Crippen molar-refractivity contribution in [1.82, 2.24) is 19.9 Å². The fraction of sp³-hybridized carbons (Fsp3) is 0.350. The van der Waals surface area contributed by atoms with Crippen LogP contribution in [-0.2, 0) is 4.79 Å². The third-order valence-electron chi connectivity index (χ3n) is 4.86. The maximum absolute atomic E-state index is 12.3. The van der Waals surface area contributed by atoms with Gasteiger partial charge < -0.3 is 10.3 Å². The van der Waals surface area contributed by atoms with Crippen LogP contribution < -0.4 is 5.32 Å². The Morgan fingerprint density at radius 3 is 3.15 bits per heavy atom. The van der Waals surface area contributed by atoms with Gasteiger partial charge in [0, 0.05) is 18.7 Å². The van der Waals surface area contributed by atoms with Gasteiger partial charge in [0.2, 0.25) is 5.91 Å². The van der Waals surface area contributed by atoms with Crippen molar-refractivity contribution in [2.75, 3.05) is 25.0 Å². The number of nitrogens with one attached hydrogen (secondary N) is 2. The van der Waals surface area contributed by atoms with Gasteiger partial charge in [0.25, 0.3) is 0 Å². The van der Waals surface area contributed by atoms with Crippen molar-refractivity contribution < 1.29 is 4.79 Å². The van der Waals surface area contributed by atoms with Crippen molar-refractivity contribution in [3.8, 4) is 0 Å². The highest BCUT2D eigenvalue weighted by Gasteiger charge is 2.25. The van der Waals surface area contributed by atoms with Crippen LogP contribution in [0.2, 0.25) is 0 Å². The third-order valence-corrected chi connectivity index (χ3v) is 4.86. The molecule has 0 radical (unpaired) electrons.